The molecule has 0 atom stereocenters. The number of benzene rings is 1. The third-order valence-corrected chi connectivity index (χ3v) is 3.54. The lowest BCUT2D eigenvalue weighted by Crippen LogP contribution is -2.23. The van der Waals surface area contributed by atoms with Crippen molar-refractivity contribution >= 4 is 21.9 Å². The molecule has 2 heterocycles. The molecule has 0 aliphatic rings. The highest BCUT2D eigenvalue weighted by molar-refractivity contribution is 6.04. The second-order valence-electron chi connectivity index (χ2n) is 5.44. The Balaban J connectivity index is 2.04. The number of nitrogens with one attached hydrogen (secondary N) is 1. The van der Waals surface area contributed by atoms with Crippen LogP contribution in [0.2, 0.25) is 0 Å². The Bertz CT molecular complexity index is 850. The third kappa shape index (κ3) is 2.54. The fraction of sp³-hybridized carbons (Fsp3) is 0.333. The molecule has 1 N–H and O–H groups in total. The van der Waals surface area contributed by atoms with Gasteiger partial charge >= 0.3 is 0 Å². The van der Waals surface area contributed by atoms with E-state index >= 15 is 0 Å². The fourth-order valence-electron chi connectivity index (χ4n) is 2.48. The number of rotatable bonds is 4. The Morgan fingerprint density at radius 1 is 1.38 bits per heavy atom. The molecule has 0 fully saturated rings. The second-order valence-corrected chi connectivity index (χ2v) is 5.44. The Labute approximate surface area is 121 Å². The predicted octanol–water partition coefficient (Wildman–Crippen LogP) is 1.97. The zero-order valence-electron chi connectivity index (χ0n) is 12.1. The summed E-state index contributed by atoms with van der Waals surface area (Å²) in [4.78, 5) is 21.9. The van der Waals surface area contributed by atoms with Crippen LogP contribution in [0.1, 0.15) is 6.42 Å². The van der Waals surface area contributed by atoms with E-state index in [1.807, 2.05) is 14.1 Å². The van der Waals surface area contributed by atoms with Crippen molar-refractivity contribution in [1.29, 1.82) is 0 Å². The summed E-state index contributed by atoms with van der Waals surface area (Å²) in [7, 11) is 3.99. The topological polar surface area (TPSA) is 53.9 Å². The summed E-state index contributed by atoms with van der Waals surface area (Å²) in [6.07, 6.45) is 2.41. The van der Waals surface area contributed by atoms with Crippen molar-refractivity contribution in [3.8, 4) is 0 Å². The number of halogens is 1. The third-order valence-electron chi connectivity index (χ3n) is 3.54. The van der Waals surface area contributed by atoms with Crippen LogP contribution < -0.4 is 5.56 Å². The number of hydrogen-bond acceptors (Lipinski definition) is 3. The molecule has 0 saturated carbocycles. The van der Waals surface area contributed by atoms with Gasteiger partial charge in [-0.3, -0.25) is 9.36 Å². The van der Waals surface area contributed by atoms with E-state index in [2.05, 4.69) is 14.9 Å². The van der Waals surface area contributed by atoms with Crippen LogP contribution in [0.4, 0.5) is 4.39 Å². The molecule has 0 unspecified atom stereocenters. The SMILES string of the molecule is CN(C)CCCn1cnc2c([nH]c3ccc(F)cc32)c1=O. The lowest BCUT2D eigenvalue weighted by atomic mass is 10.2. The molecule has 6 heteroatoms. The summed E-state index contributed by atoms with van der Waals surface area (Å²) in [6, 6.07) is 4.40. The van der Waals surface area contributed by atoms with Crippen LogP contribution in [0.5, 0.6) is 0 Å². The molecule has 0 aliphatic carbocycles. The standard InChI is InChI=1S/C15H17FN4O/c1-19(2)6-3-7-20-9-17-13-11-8-10(16)4-5-12(11)18-14(13)15(20)21/h4-5,8-9,18H,3,6-7H2,1-2H3. The van der Waals surface area contributed by atoms with Crippen molar-refractivity contribution < 1.29 is 4.39 Å². The number of fused-ring (bicyclic) bond motifs is 3. The molecule has 1 aromatic carbocycles. The van der Waals surface area contributed by atoms with E-state index < -0.39 is 0 Å². The first kappa shape index (κ1) is 13.8. The van der Waals surface area contributed by atoms with Gasteiger partial charge in [0.05, 0.1) is 6.33 Å². The highest BCUT2D eigenvalue weighted by atomic mass is 19.1. The van der Waals surface area contributed by atoms with Gasteiger partial charge in [-0.05, 0) is 45.3 Å². The Morgan fingerprint density at radius 2 is 2.19 bits per heavy atom. The molecule has 3 aromatic rings. The van der Waals surface area contributed by atoms with Crippen molar-refractivity contribution in [2.45, 2.75) is 13.0 Å². The molecule has 0 bridgehead atoms. The van der Waals surface area contributed by atoms with E-state index in [0.717, 1.165) is 18.5 Å². The van der Waals surface area contributed by atoms with E-state index in [-0.39, 0.29) is 11.4 Å². The Hall–Kier alpha value is -2.21. The number of H-pyrrole nitrogens is 1. The molecule has 5 nitrogen and oxygen atoms in total. The predicted molar refractivity (Wildman–Crippen MR) is 81.0 cm³/mol. The van der Waals surface area contributed by atoms with Gasteiger partial charge in [-0.1, -0.05) is 0 Å². The number of nitrogens with zero attached hydrogens (tertiary/aromatic N) is 3. The van der Waals surface area contributed by atoms with Crippen LogP contribution in [-0.2, 0) is 6.54 Å². The van der Waals surface area contributed by atoms with Gasteiger partial charge in [-0.15, -0.1) is 0 Å². The summed E-state index contributed by atoms with van der Waals surface area (Å²) >= 11 is 0. The lowest BCUT2D eigenvalue weighted by Gasteiger charge is -2.10. The van der Waals surface area contributed by atoms with Gasteiger partial charge in [0.1, 0.15) is 16.9 Å². The zero-order valence-corrected chi connectivity index (χ0v) is 12.1. The summed E-state index contributed by atoms with van der Waals surface area (Å²) < 4.78 is 14.9. The molecule has 21 heavy (non-hydrogen) atoms. The number of hydrogen-bond donors (Lipinski definition) is 1. The summed E-state index contributed by atoms with van der Waals surface area (Å²) in [5, 5.41) is 0.641. The minimum atomic E-state index is -0.333. The van der Waals surface area contributed by atoms with Gasteiger partial charge in [0.2, 0.25) is 0 Å². The smallest absolute Gasteiger partial charge is 0.277 e. The van der Waals surface area contributed by atoms with Crippen molar-refractivity contribution in [2.24, 2.45) is 0 Å². The Morgan fingerprint density at radius 3 is 2.95 bits per heavy atom. The van der Waals surface area contributed by atoms with Gasteiger partial charge in [-0.2, -0.15) is 0 Å². The minimum Gasteiger partial charge on any atom is -0.349 e. The van der Waals surface area contributed by atoms with Crippen molar-refractivity contribution in [2.75, 3.05) is 20.6 Å². The first-order chi connectivity index (χ1) is 10.1. The molecule has 3 rings (SSSR count). The molecule has 0 amide bonds. The van der Waals surface area contributed by atoms with Gasteiger partial charge in [0.25, 0.3) is 5.56 Å². The van der Waals surface area contributed by atoms with E-state index in [9.17, 15) is 9.18 Å². The molecule has 0 radical (unpaired) electrons. The van der Waals surface area contributed by atoms with Gasteiger partial charge in [0.15, 0.2) is 0 Å². The molecule has 110 valence electrons. The molecule has 2 aromatic heterocycles. The monoisotopic (exact) mass is 288 g/mol. The average Bonchev–Trinajstić information content (AvgIpc) is 2.80. The molecule has 0 spiro atoms. The van der Waals surface area contributed by atoms with E-state index in [0.29, 0.717) is 23.0 Å². The maximum Gasteiger partial charge on any atom is 0.277 e. The van der Waals surface area contributed by atoms with Crippen molar-refractivity contribution in [1.82, 2.24) is 19.4 Å². The van der Waals surface area contributed by atoms with Crippen LogP contribution in [0, 0.1) is 5.82 Å². The zero-order chi connectivity index (χ0) is 15.0. The van der Waals surface area contributed by atoms with Crippen molar-refractivity contribution in [3.05, 3.63) is 40.7 Å². The lowest BCUT2D eigenvalue weighted by molar-refractivity contribution is 0.384. The van der Waals surface area contributed by atoms with Gasteiger partial charge in [-0.25, -0.2) is 9.37 Å². The van der Waals surface area contributed by atoms with Crippen LogP contribution >= 0.6 is 0 Å². The summed E-state index contributed by atoms with van der Waals surface area (Å²) in [6.45, 7) is 1.52. The fourth-order valence-corrected chi connectivity index (χ4v) is 2.48. The number of aromatic amines is 1. The van der Waals surface area contributed by atoms with Crippen LogP contribution in [0.3, 0.4) is 0 Å². The summed E-state index contributed by atoms with van der Waals surface area (Å²) in [5.41, 5.74) is 1.57. The van der Waals surface area contributed by atoms with Gasteiger partial charge < -0.3 is 9.88 Å². The van der Waals surface area contributed by atoms with E-state index in [4.69, 9.17) is 0 Å². The maximum atomic E-state index is 13.3. The second kappa shape index (κ2) is 5.29. The normalized spacial score (nSPS) is 11.8. The quantitative estimate of drug-likeness (QED) is 0.798. The van der Waals surface area contributed by atoms with Crippen LogP contribution in [0.25, 0.3) is 21.9 Å². The maximum absolute atomic E-state index is 13.3. The highest BCUT2D eigenvalue weighted by Gasteiger charge is 2.11. The van der Waals surface area contributed by atoms with Crippen LogP contribution in [0.15, 0.2) is 29.3 Å². The molecule has 0 aliphatic heterocycles. The van der Waals surface area contributed by atoms with Crippen molar-refractivity contribution in [3.63, 3.8) is 0 Å². The van der Waals surface area contributed by atoms with E-state index in [1.165, 1.54) is 12.1 Å². The van der Waals surface area contributed by atoms with Gasteiger partial charge in [0, 0.05) is 17.4 Å². The van der Waals surface area contributed by atoms with E-state index in [1.54, 1.807) is 17.0 Å². The molecular formula is C15H17FN4O. The number of aromatic nitrogens is 3. The highest BCUT2D eigenvalue weighted by Crippen LogP contribution is 2.21. The minimum absolute atomic E-state index is 0.115. The Kier molecular flexibility index (Phi) is 3.47. The summed E-state index contributed by atoms with van der Waals surface area (Å²) in [5.74, 6) is -0.333. The molecule has 0 saturated heterocycles. The largest absolute Gasteiger partial charge is 0.349 e. The molecular weight excluding hydrogens is 271 g/mol. The first-order valence-corrected chi connectivity index (χ1v) is 6.87. The van der Waals surface area contributed by atoms with Crippen LogP contribution in [-0.4, -0.2) is 40.1 Å². The first-order valence-electron chi connectivity index (χ1n) is 6.87. The average molecular weight is 288 g/mol. The number of aryl methyl sites for hydroxylation is 1.